The fraction of sp³-hybridized carbons (Fsp3) is 0.389. The van der Waals surface area contributed by atoms with Crippen LogP contribution in [0.4, 0.5) is 11.8 Å². The van der Waals surface area contributed by atoms with E-state index in [1.165, 1.54) is 0 Å². The standard InChI is InChI=1S/C18H22N6O/c1-12(2)23-6-8-24(9-7-23)18-21-15(17(25)22-18)10-13-11-20-16-14(13)4-3-5-19-16/h3-5,10-12,25H,6-9H2,1-2H3,(H,21,22)/b13-10+. The molecule has 1 saturated heterocycles. The molecule has 25 heavy (non-hydrogen) atoms. The number of nitrogens with one attached hydrogen (secondary N) is 1. The van der Waals surface area contributed by atoms with Crippen molar-refractivity contribution in [2.24, 2.45) is 4.99 Å². The average molecular weight is 338 g/mol. The number of fused-ring (bicyclic) bond motifs is 1. The number of aromatic amines is 1. The Morgan fingerprint density at radius 1 is 1.24 bits per heavy atom. The van der Waals surface area contributed by atoms with E-state index in [0.717, 1.165) is 37.3 Å². The highest BCUT2D eigenvalue weighted by Gasteiger charge is 2.22. The van der Waals surface area contributed by atoms with Crippen LogP contribution in [-0.4, -0.2) is 63.4 Å². The Balaban J connectivity index is 1.54. The fourth-order valence-electron chi connectivity index (χ4n) is 3.26. The van der Waals surface area contributed by atoms with Gasteiger partial charge in [-0.05, 0) is 32.1 Å². The van der Waals surface area contributed by atoms with Crippen LogP contribution < -0.4 is 4.90 Å². The first-order valence-corrected chi connectivity index (χ1v) is 8.61. The zero-order valence-electron chi connectivity index (χ0n) is 14.5. The zero-order valence-corrected chi connectivity index (χ0v) is 14.5. The predicted molar refractivity (Wildman–Crippen MR) is 99.4 cm³/mol. The first-order valence-electron chi connectivity index (χ1n) is 8.61. The Morgan fingerprint density at radius 2 is 2.04 bits per heavy atom. The van der Waals surface area contributed by atoms with E-state index in [0.29, 0.717) is 23.5 Å². The summed E-state index contributed by atoms with van der Waals surface area (Å²) < 4.78 is 0. The van der Waals surface area contributed by atoms with E-state index in [9.17, 15) is 5.11 Å². The van der Waals surface area contributed by atoms with Gasteiger partial charge in [0.05, 0.1) is 0 Å². The van der Waals surface area contributed by atoms with Crippen molar-refractivity contribution in [3.8, 4) is 5.88 Å². The topological polar surface area (TPSA) is 80.6 Å². The Morgan fingerprint density at radius 3 is 2.80 bits per heavy atom. The molecular formula is C18H22N6O. The number of aromatic hydroxyl groups is 1. The van der Waals surface area contributed by atoms with Gasteiger partial charge in [0.25, 0.3) is 0 Å². The zero-order chi connectivity index (χ0) is 17.4. The maximum atomic E-state index is 10.2. The monoisotopic (exact) mass is 338 g/mol. The molecule has 0 bridgehead atoms. The molecule has 0 amide bonds. The lowest BCUT2D eigenvalue weighted by Gasteiger charge is -2.36. The summed E-state index contributed by atoms with van der Waals surface area (Å²) in [5.41, 5.74) is 2.47. The van der Waals surface area contributed by atoms with Gasteiger partial charge in [0.15, 0.2) is 5.82 Å². The molecule has 2 aromatic heterocycles. The Hall–Kier alpha value is -2.67. The minimum absolute atomic E-state index is 0.0135. The van der Waals surface area contributed by atoms with Gasteiger partial charge < -0.3 is 15.0 Å². The molecule has 0 atom stereocenters. The number of rotatable bonds is 3. The van der Waals surface area contributed by atoms with Crippen LogP contribution in [0.5, 0.6) is 5.88 Å². The minimum Gasteiger partial charge on any atom is -0.492 e. The number of aromatic nitrogens is 3. The second-order valence-corrected chi connectivity index (χ2v) is 6.65. The number of pyridine rings is 1. The number of piperazine rings is 1. The molecule has 0 unspecified atom stereocenters. The minimum atomic E-state index is 0.0135. The van der Waals surface area contributed by atoms with Gasteiger partial charge in [-0.2, -0.15) is 4.98 Å². The predicted octanol–water partition coefficient (Wildman–Crippen LogP) is 2.30. The molecule has 7 heteroatoms. The molecule has 0 aliphatic carbocycles. The molecule has 0 aromatic carbocycles. The second kappa shape index (κ2) is 6.33. The van der Waals surface area contributed by atoms with E-state index >= 15 is 0 Å². The van der Waals surface area contributed by atoms with Crippen molar-refractivity contribution >= 4 is 29.6 Å². The summed E-state index contributed by atoms with van der Waals surface area (Å²) in [6.07, 6.45) is 5.36. The molecule has 130 valence electrons. The molecule has 4 rings (SSSR count). The highest BCUT2D eigenvalue weighted by molar-refractivity contribution is 6.20. The molecule has 2 aliphatic rings. The summed E-state index contributed by atoms with van der Waals surface area (Å²) in [6.45, 7) is 8.23. The summed E-state index contributed by atoms with van der Waals surface area (Å²) in [6, 6.07) is 4.41. The Bertz CT molecular complexity index is 830. The quantitative estimate of drug-likeness (QED) is 0.897. The summed E-state index contributed by atoms with van der Waals surface area (Å²) >= 11 is 0. The van der Waals surface area contributed by atoms with E-state index in [1.54, 1.807) is 12.4 Å². The van der Waals surface area contributed by atoms with Crippen molar-refractivity contribution in [1.82, 2.24) is 19.9 Å². The van der Waals surface area contributed by atoms with Gasteiger partial charge in [0.2, 0.25) is 11.8 Å². The second-order valence-electron chi connectivity index (χ2n) is 6.65. The van der Waals surface area contributed by atoms with Crippen molar-refractivity contribution in [1.29, 1.82) is 0 Å². The highest BCUT2D eigenvalue weighted by atomic mass is 16.3. The van der Waals surface area contributed by atoms with E-state index in [-0.39, 0.29) is 5.88 Å². The highest BCUT2D eigenvalue weighted by Crippen LogP contribution is 2.32. The van der Waals surface area contributed by atoms with Gasteiger partial charge >= 0.3 is 0 Å². The van der Waals surface area contributed by atoms with Crippen LogP contribution in [-0.2, 0) is 0 Å². The lowest BCUT2D eigenvalue weighted by atomic mass is 10.1. The van der Waals surface area contributed by atoms with E-state index < -0.39 is 0 Å². The first kappa shape index (κ1) is 15.8. The smallest absolute Gasteiger partial charge is 0.238 e. The number of nitrogens with zero attached hydrogens (tertiary/aromatic N) is 5. The lowest BCUT2D eigenvalue weighted by Crippen LogP contribution is -2.49. The van der Waals surface area contributed by atoms with Crippen molar-refractivity contribution in [3.63, 3.8) is 0 Å². The molecule has 2 N–H and O–H groups in total. The third-order valence-corrected chi connectivity index (χ3v) is 4.77. The average Bonchev–Trinajstić information content (AvgIpc) is 3.20. The normalized spacial score (nSPS) is 19.2. The van der Waals surface area contributed by atoms with Crippen molar-refractivity contribution in [2.75, 3.05) is 31.1 Å². The van der Waals surface area contributed by atoms with Gasteiger partial charge in [-0.15, -0.1) is 0 Å². The third kappa shape index (κ3) is 3.02. The van der Waals surface area contributed by atoms with Gasteiger partial charge in [-0.3, -0.25) is 4.90 Å². The molecule has 0 spiro atoms. The van der Waals surface area contributed by atoms with Gasteiger partial charge in [0.1, 0.15) is 5.69 Å². The summed E-state index contributed by atoms with van der Waals surface area (Å²) in [4.78, 5) is 20.7. The lowest BCUT2D eigenvalue weighted by molar-refractivity contribution is 0.208. The van der Waals surface area contributed by atoms with Crippen LogP contribution in [0.3, 0.4) is 0 Å². The first-order chi connectivity index (χ1) is 12.1. The number of imidazole rings is 1. The maximum absolute atomic E-state index is 10.2. The molecular weight excluding hydrogens is 316 g/mol. The Labute approximate surface area is 146 Å². The molecule has 4 heterocycles. The molecule has 0 radical (unpaired) electrons. The molecule has 2 aliphatic heterocycles. The van der Waals surface area contributed by atoms with Crippen molar-refractivity contribution in [2.45, 2.75) is 19.9 Å². The molecule has 1 fully saturated rings. The third-order valence-electron chi connectivity index (χ3n) is 4.77. The maximum Gasteiger partial charge on any atom is 0.238 e. The van der Waals surface area contributed by atoms with Gasteiger partial charge in [0, 0.05) is 55.8 Å². The van der Waals surface area contributed by atoms with Crippen LogP contribution in [0.1, 0.15) is 25.1 Å². The largest absolute Gasteiger partial charge is 0.492 e. The van der Waals surface area contributed by atoms with Crippen LogP contribution >= 0.6 is 0 Å². The number of hydrogen-bond donors (Lipinski definition) is 2. The van der Waals surface area contributed by atoms with Crippen LogP contribution in [0.2, 0.25) is 0 Å². The van der Waals surface area contributed by atoms with Gasteiger partial charge in [-0.25, -0.2) is 9.98 Å². The number of anilines is 1. The van der Waals surface area contributed by atoms with Crippen molar-refractivity contribution < 1.29 is 5.11 Å². The Kier molecular flexibility index (Phi) is 4.01. The van der Waals surface area contributed by atoms with E-state index in [4.69, 9.17) is 0 Å². The number of aliphatic imine (C=N–C) groups is 1. The fourth-order valence-corrected chi connectivity index (χ4v) is 3.26. The number of H-pyrrole nitrogens is 1. The molecule has 0 saturated carbocycles. The SMILES string of the molecule is CC(C)N1CCN(c2nc(O)c(/C=C3\C=Nc4ncccc43)[nH]2)CC1. The molecule has 7 nitrogen and oxygen atoms in total. The van der Waals surface area contributed by atoms with Crippen LogP contribution in [0.25, 0.3) is 11.6 Å². The number of hydrogen-bond acceptors (Lipinski definition) is 6. The van der Waals surface area contributed by atoms with Gasteiger partial charge in [-0.1, -0.05) is 0 Å². The summed E-state index contributed by atoms with van der Waals surface area (Å²) in [5, 5.41) is 10.2. The van der Waals surface area contributed by atoms with Crippen LogP contribution in [0.15, 0.2) is 23.3 Å². The van der Waals surface area contributed by atoms with E-state index in [1.807, 2.05) is 18.2 Å². The summed E-state index contributed by atoms with van der Waals surface area (Å²) in [7, 11) is 0. The van der Waals surface area contributed by atoms with Crippen LogP contribution in [0, 0.1) is 0 Å². The van der Waals surface area contributed by atoms with Crippen molar-refractivity contribution in [3.05, 3.63) is 29.6 Å². The van der Waals surface area contributed by atoms with E-state index in [2.05, 4.69) is 43.6 Å². The molecule has 2 aromatic rings. The summed E-state index contributed by atoms with van der Waals surface area (Å²) in [5.74, 6) is 1.44. The number of allylic oxidation sites excluding steroid dienone is 1.